The molecular weight excluding hydrogens is 328 g/mol. The van der Waals surface area contributed by atoms with Crippen molar-refractivity contribution in [1.82, 2.24) is 10.2 Å². The van der Waals surface area contributed by atoms with Crippen molar-refractivity contribution in [2.75, 3.05) is 33.4 Å². The predicted molar refractivity (Wildman–Crippen MR) is 96.3 cm³/mol. The van der Waals surface area contributed by atoms with Crippen LogP contribution in [0.5, 0.6) is 11.5 Å². The first-order valence-electron chi connectivity index (χ1n) is 8.46. The summed E-state index contributed by atoms with van der Waals surface area (Å²) in [6, 6.07) is 3.54. The normalized spacial score (nSPS) is 17.9. The Morgan fingerprint density at radius 3 is 2.83 bits per heavy atom. The van der Waals surface area contributed by atoms with Gasteiger partial charge in [-0.2, -0.15) is 0 Å². The van der Waals surface area contributed by atoms with E-state index >= 15 is 0 Å². The maximum Gasteiger partial charge on any atom is 0.254 e. The van der Waals surface area contributed by atoms with Gasteiger partial charge in [0.2, 0.25) is 0 Å². The monoisotopic (exact) mass is 354 g/mol. The van der Waals surface area contributed by atoms with Gasteiger partial charge in [-0.3, -0.25) is 4.79 Å². The van der Waals surface area contributed by atoms with Crippen LogP contribution in [0.25, 0.3) is 0 Å². The number of piperazine rings is 1. The Bertz CT molecular complexity index is 578. The average molecular weight is 355 g/mol. The number of rotatable bonds is 6. The molecule has 1 saturated heterocycles. The van der Waals surface area contributed by atoms with E-state index in [1.165, 1.54) is 0 Å². The first-order chi connectivity index (χ1) is 11.4. The quantitative estimate of drug-likeness (QED) is 0.852. The van der Waals surface area contributed by atoms with Crippen LogP contribution in [0.1, 0.15) is 37.6 Å². The van der Waals surface area contributed by atoms with E-state index in [2.05, 4.69) is 19.2 Å². The number of ether oxygens (including phenoxy) is 2. The molecule has 0 bridgehead atoms. The van der Waals surface area contributed by atoms with E-state index in [9.17, 15) is 4.79 Å². The van der Waals surface area contributed by atoms with Gasteiger partial charge in [-0.15, -0.1) is 0 Å². The summed E-state index contributed by atoms with van der Waals surface area (Å²) in [5.41, 5.74) is 0.529. The maximum atomic E-state index is 12.8. The molecule has 1 atom stereocenters. The van der Waals surface area contributed by atoms with Crippen LogP contribution in [-0.2, 0) is 0 Å². The van der Waals surface area contributed by atoms with Gasteiger partial charge in [-0.05, 0) is 31.4 Å². The van der Waals surface area contributed by atoms with Crippen LogP contribution in [0.3, 0.4) is 0 Å². The number of carbonyl (C=O) groups is 1. The van der Waals surface area contributed by atoms with Crippen molar-refractivity contribution in [3.63, 3.8) is 0 Å². The molecule has 1 unspecified atom stereocenters. The minimum atomic E-state index is -0.0297. The molecule has 0 spiro atoms. The standard InChI is InChI=1S/C18H27ClN2O3/c1-12(2)5-8-24-17-15(19)9-14(10-16(17)23-4)18(22)21-7-6-20-11-13(21)3/h9-10,12-13,20H,5-8,11H2,1-4H3. The van der Waals surface area contributed by atoms with Crippen molar-refractivity contribution in [2.24, 2.45) is 5.92 Å². The SMILES string of the molecule is COc1cc(C(=O)N2CCNCC2C)cc(Cl)c1OCCC(C)C. The Kier molecular flexibility index (Phi) is 6.75. The zero-order valence-electron chi connectivity index (χ0n) is 14.9. The lowest BCUT2D eigenvalue weighted by atomic mass is 10.1. The molecule has 134 valence electrons. The molecule has 6 heteroatoms. The number of nitrogens with zero attached hydrogens (tertiary/aromatic N) is 1. The highest BCUT2D eigenvalue weighted by Gasteiger charge is 2.25. The van der Waals surface area contributed by atoms with Crippen LogP contribution >= 0.6 is 11.6 Å². The van der Waals surface area contributed by atoms with Crippen molar-refractivity contribution >= 4 is 17.5 Å². The molecule has 1 amide bonds. The van der Waals surface area contributed by atoms with E-state index in [-0.39, 0.29) is 11.9 Å². The van der Waals surface area contributed by atoms with Crippen molar-refractivity contribution in [2.45, 2.75) is 33.2 Å². The van der Waals surface area contributed by atoms with Gasteiger partial charge in [-0.25, -0.2) is 0 Å². The first kappa shape index (κ1) is 18.9. The van der Waals surface area contributed by atoms with E-state index in [0.29, 0.717) is 41.2 Å². The van der Waals surface area contributed by atoms with Gasteiger partial charge in [0.25, 0.3) is 5.91 Å². The Balaban J connectivity index is 2.19. The Morgan fingerprint density at radius 1 is 1.46 bits per heavy atom. The molecule has 1 aromatic rings. The summed E-state index contributed by atoms with van der Waals surface area (Å²) in [7, 11) is 1.56. The largest absolute Gasteiger partial charge is 0.493 e. The van der Waals surface area contributed by atoms with Gasteiger partial charge < -0.3 is 19.7 Å². The summed E-state index contributed by atoms with van der Waals surface area (Å²) < 4.78 is 11.2. The lowest BCUT2D eigenvalue weighted by Gasteiger charge is -2.34. The van der Waals surface area contributed by atoms with Crippen LogP contribution < -0.4 is 14.8 Å². The van der Waals surface area contributed by atoms with E-state index in [0.717, 1.165) is 19.5 Å². The smallest absolute Gasteiger partial charge is 0.254 e. The van der Waals surface area contributed by atoms with Gasteiger partial charge in [0.15, 0.2) is 11.5 Å². The van der Waals surface area contributed by atoms with Crippen molar-refractivity contribution in [3.05, 3.63) is 22.7 Å². The van der Waals surface area contributed by atoms with Crippen LogP contribution in [-0.4, -0.2) is 50.2 Å². The minimum absolute atomic E-state index is 0.0297. The van der Waals surface area contributed by atoms with E-state index in [1.807, 2.05) is 11.8 Å². The van der Waals surface area contributed by atoms with E-state index in [4.69, 9.17) is 21.1 Å². The number of amides is 1. The van der Waals surface area contributed by atoms with E-state index < -0.39 is 0 Å². The fourth-order valence-electron chi connectivity index (χ4n) is 2.69. The molecule has 0 radical (unpaired) electrons. The number of halogens is 1. The summed E-state index contributed by atoms with van der Waals surface area (Å²) in [5, 5.41) is 3.69. The summed E-state index contributed by atoms with van der Waals surface area (Å²) in [4.78, 5) is 14.7. The lowest BCUT2D eigenvalue weighted by Crippen LogP contribution is -2.52. The third-order valence-electron chi connectivity index (χ3n) is 4.18. The van der Waals surface area contributed by atoms with Crippen LogP contribution in [0.4, 0.5) is 0 Å². The summed E-state index contributed by atoms with van der Waals surface area (Å²) in [6.07, 6.45) is 0.929. The number of hydrogen-bond acceptors (Lipinski definition) is 4. The second kappa shape index (κ2) is 8.58. The molecule has 1 heterocycles. The second-order valence-electron chi connectivity index (χ2n) is 6.57. The maximum absolute atomic E-state index is 12.8. The highest BCUT2D eigenvalue weighted by Crippen LogP contribution is 2.37. The highest BCUT2D eigenvalue weighted by molar-refractivity contribution is 6.32. The Morgan fingerprint density at radius 2 is 2.21 bits per heavy atom. The van der Waals surface area contributed by atoms with Gasteiger partial charge in [-0.1, -0.05) is 25.4 Å². The number of benzene rings is 1. The molecule has 0 aliphatic carbocycles. The molecule has 1 N–H and O–H groups in total. The molecule has 1 fully saturated rings. The first-order valence-corrected chi connectivity index (χ1v) is 8.83. The van der Waals surface area contributed by atoms with Crippen molar-refractivity contribution < 1.29 is 14.3 Å². The highest BCUT2D eigenvalue weighted by atomic mass is 35.5. The molecule has 1 aliphatic rings. The third-order valence-corrected chi connectivity index (χ3v) is 4.46. The summed E-state index contributed by atoms with van der Waals surface area (Å²) in [6.45, 7) is 9.16. The fraction of sp³-hybridized carbons (Fsp3) is 0.611. The van der Waals surface area contributed by atoms with Crippen molar-refractivity contribution in [3.8, 4) is 11.5 Å². The zero-order chi connectivity index (χ0) is 17.7. The fourth-order valence-corrected chi connectivity index (χ4v) is 2.95. The second-order valence-corrected chi connectivity index (χ2v) is 6.98. The molecule has 0 aromatic heterocycles. The third kappa shape index (κ3) is 4.54. The molecule has 1 aliphatic heterocycles. The zero-order valence-corrected chi connectivity index (χ0v) is 15.7. The summed E-state index contributed by atoms with van der Waals surface area (Å²) >= 11 is 6.36. The van der Waals surface area contributed by atoms with Crippen LogP contribution in [0, 0.1) is 5.92 Å². The molecule has 2 rings (SSSR count). The summed E-state index contributed by atoms with van der Waals surface area (Å²) in [5.74, 6) is 1.52. The molecule has 24 heavy (non-hydrogen) atoms. The van der Waals surface area contributed by atoms with Crippen LogP contribution in [0.15, 0.2) is 12.1 Å². The van der Waals surface area contributed by atoms with E-state index in [1.54, 1.807) is 19.2 Å². The number of carbonyl (C=O) groups excluding carboxylic acids is 1. The predicted octanol–water partition coefficient (Wildman–Crippen LogP) is 3.21. The average Bonchev–Trinajstić information content (AvgIpc) is 2.55. The molecule has 1 aromatic carbocycles. The van der Waals surface area contributed by atoms with Gasteiger partial charge >= 0.3 is 0 Å². The van der Waals surface area contributed by atoms with Crippen LogP contribution in [0.2, 0.25) is 5.02 Å². The van der Waals surface area contributed by atoms with Gasteiger partial charge in [0.05, 0.1) is 18.7 Å². The van der Waals surface area contributed by atoms with Gasteiger partial charge in [0, 0.05) is 31.2 Å². The molecule has 5 nitrogen and oxygen atoms in total. The number of hydrogen-bond donors (Lipinski definition) is 1. The minimum Gasteiger partial charge on any atom is -0.493 e. The Labute approximate surface area is 149 Å². The molecule has 0 saturated carbocycles. The topological polar surface area (TPSA) is 50.8 Å². The van der Waals surface area contributed by atoms with Gasteiger partial charge in [0.1, 0.15) is 0 Å². The van der Waals surface area contributed by atoms with Crippen molar-refractivity contribution in [1.29, 1.82) is 0 Å². The Hall–Kier alpha value is -1.46. The number of methoxy groups -OCH3 is 1. The lowest BCUT2D eigenvalue weighted by molar-refractivity contribution is 0.0655. The molecular formula is C18H27ClN2O3. The number of nitrogens with one attached hydrogen (secondary N) is 1.